The first kappa shape index (κ1) is 38.4. The maximum Gasteiger partial charge on any atom is 0.335 e. The average molecular weight is 611 g/mol. The quantitative estimate of drug-likeness (QED) is 0.193. The van der Waals surface area contributed by atoms with Crippen LogP contribution in [-0.2, 0) is 0 Å². The number of nitrogens with zero attached hydrogens (tertiary/aromatic N) is 1. The summed E-state index contributed by atoms with van der Waals surface area (Å²) in [6.45, 7) is 12.5. The van der Waals surface area contributed by atoms with Crippen molar-refractivity contribution in [1.82, 2.24) is 4.98 Å². The molecule has 0 amide bonds. The second kappa shape index (κ2) is 23.8. The van der Waals surface area contributed by atoms with Crippen LogP contribution in [0.1, 0.15) is 141 Å². The van der Waals surface area contributed by atoms with Crippen molar-refractivity contribution in [3.05, 3.63) is 47.8 Å². The van der Waals surface area contributed by atoms with Gasteiger partial charge in [-0.2, -0.15) is 0 Å². The number of aromatic nitrogens is 1. The van der Waals surface area contributed by atoms with Crippen LogP contribution < -0.4 is 9.46 Å². The Bertz CT molecular complexity index is 1070. The standard InChI is InChI=1S/C29H36N2O3S.2C3H8.C2H6/c1-34-28-19-24(29(32)33)14-18-27(28)31-35-26-17-16-25(30-20-26)15-12-21-7-6-10-23(13-11-21)22-8-4-2-3-5-9-22;2*1-3-2;1-2/h14,16-23,31H,2-11,13H2,1H3,(H,32,33);2*3H2,1-2H3;1-2H3. The first-order chi connectivity index (χ1) is 20.9. The molecular weight excluding hydrogens is 552 g/mol. The molecule has 4 rings (SSSR count). The Morgan fingerprint density at radius 2 is 1.53 bits per heavy atom. The Balaban J connectivity index is 0.00000105. The lowest BCUT2D eigenvalue weighted by Crippen LogP contribution is -2.13. The largest absolute Gasteiger partial charge is 0.495 e. The summed E-state index contributed by atoms with van der Waals surface area (Å²) >= 11 is 1.40. The van der Waals surface area contributed by atoms with Gasteiger partial charge in [-0.3, -0.25) is 0 Å². The fourth-order valence-electron chi connectivity index (χ4n) is 5.44. The third-order valence-corrected chi connectivity index (χ3v) is 8.25. The molecule has 0 radical (unpaired) electrons. The fourth-order valence-corrected chi connectivity index (χ4v) is 6.08. The molecular formula is C37H58N2O3S. The Morgan fingerprint density at radius 3 is 2.12 bits per heavy atom. The topological polar surface area (TPSA) is 71.5 Å². The molecule has 2 aliphatic rings. The van der Waals surface area contributed by atoms with E-state index in [-0.39, 0.29) is 5.56 Å². The Hall–Kier alpha value is -2.65. The Labute approximate surface area is 267 Å². The normalized spacial score (nSPS) is 18.2. The first-order valence-electron chi connectivity index (χ1n) is 16.8. The molecule has 6 heteroatoms. The lowest BCUT2D eigenvalue weighted by Gasteiger charge is -2.24. The van der Waals surface area contributed by atoms with E-state index in [1.165, 1.54) is 109 Å². The number of nitrogens with one attached hydrogen (secondary N) is 1. The van der Waals surface area contributed by atoms with Crippen LogP contribution in [0.2, 0.25) is 0 Å². The minimum Gasteiger partial charge on any atom is -0.495 e. The van der Waals surface area contributed by atoms with Gasteiger partial charge in [0.2, 0.25) is 0 Å². The number of anilines is 1. The van der Waals surface area contributed by atoms with E-state index in [0.29, 0.717) is 17.4 Å². The third kappa shape index (κ3) is 15.1. The van der Waals surface area contributed by atoms with E-state index in [0.717, 1.165) is 22.4 Å². The zero-order valence-corrected chi connectivity index (χ0v) is 28.8. The molecule has 0 spiro atoms. The molecule has 0 bridgehead atoms. The number of ether oxygens (including phenoxy) is 1. The van der Waals surface area contributed by atoms with E-state index in [2.05, 4.69) is 49.2 Å². The van der Waals surface area contributed by atoms with Crippen molar-refractivity contribution in [3.63, 3.8) is 0 Å². The van der Waals surface area contributed by atoms with E-state index in [1.54, 1.807) is 12.1 Å². The lowest BCUT2D eigenvalue weighted by molar-refractivity contribution is 0.0696. The number of carbonyl (C=O) groups is 1. The summed E-state index contributed by atoms with van der Waals surface area (Å²) in [4.78, 5) is 16.6. The highest BCUT2D eigenvalue weighted by Crippen LogP contribution is 2.38. The number of hydrogen-bond acceptors (Lipinski definition) is 5. The molecule has 1 heterocycles. The number of rotatable bonds is 6. The molecule has 2 saturated carbocycles. The van der Waals surface area contributed by atoms with Crippen molar-refractivity contribution >= 4 is 23.6 Å². The average Bonchev–Trinajstić information content (AvgIpc) is 3.45. The molecule has 0 saturated heterocycles. The highest BCUT2D eigenvalue weighted by molar-refractivity contribution is 8.00. The number of methoxy groups -OCH3 is 1. The van der Waals surface area contributed by atoms with Crippen LogP contribution in [0, 0.1) is 29.6 Å². The van der Waals surface area contributed by atoms with Crippen LogP contribution in [0.15, 0.2) is 41.4 Å². The minimum atomic E-state index is -0.980. The monoisotopic (exact) mass is 610 g/mol. The number of benzene rings is 1. The van der Waals surface area contributed by atoms with Gasteiger partial charge in [-0.05, 0) is 79.3 Å². The molecule has 5 nitrogen and oxygen atoms in total. The highest BCUT2D eigenvalue weighted by atomic mass is 32.2. The van der Waals surface area contributed by atoms with Crippen LogP contribution in [-0.4, -0.2) is 23.2 Å². The van der Waals surface area contributed by atoms with Crippen LogP contribution in [0.25, 0.3) is 0 Å². The number of aromatic carboxylic acids is 1. The number of pyridine rings is 1. The van der Waals surface area contributed by atoms with Gasteiger partial charge >= 0.3 is 5.97 Å². The molecule has 2 atom stereocenters. The summed E-state index contributed by atoms with van der Waals surface area (Å²) in [6, 6.07) is 8.73. The predicted octanol–water partition coefficient (Wildman–Crippen LogP) is 11.3. The second-order valence-corrected chi connectivity index (χ2v) is 12.1. The van der Waals surface area contributed by atoms with E-state index < -0.39 is 5.97 Å². The van der Waals surface area contributed by atoms with Gasteiger partial charge in [0.25, 0.3) is 0 Å². The number of carboxylic acids is 1. The lowest BCUT2D eigenvalue weighted by atomic mass is 9.81. The van der Waals surface area contributed by atoms with Gasteiger partial charge in [-0.15, -0.1) is 0 Å². The van der Waals surface area contributed by atoms with Crippen LogP contribution >= 0.6 is 11.9 Å². The predicted molar refractivity (Wildman–Crippen MR) is 185 cm³/mol. The number of hydrogen-bond donors (Lipinski definition) is 2. The fraction of sp³-hybridized carbons (Fsp3) is 0.622. The van der Waals surface area contributed by atoms with Crippen molar-refractivity contribution in [3.8, 4) is 17.6 Å². The van der Waals surface area contributed by atoms with Crippen molar-refractivity contribution in [1.29, 1.82) is 0 Å². The molecule has 2 aromatic rings. The summed E-state index contributed by atoms with van der Waals surface area (Å²) in [5, 5.41) is 9.14. The minimum absolute atomic E-state index is 0.190. The van der Waals surface area contributed by atoms with Crippen molar-refractivity contribution in [2.75, 3.05) is 11.8 Å². The maximum absolute atomic E-state index is 11.2. The van der Waals surface area contributed by atoms with E-state index in [9.17, 15) is 4.79 Å². The van der Waals surface area contributed by atoms with E-state index in [1.807, 2.05) is 32.2 Å². The van der Waals surface area contributed by atoms with Crippen molar-refractivity contribution < 1.29 is 14.6 Å². The summed E-state index contributed by atoms with van der Waals surface area (Å²) in [5.41, 5.74) is 1.71. The Kier molecular flexibility index (Phi) is 21.2. The van der Waals surface area contributed by atoms with Crippen LogP contribution in [0.3, 0.4) is 0 Å². The van der Waals surface area contributed by atoms with E-state index in [4.69, 9.17) is 9.84 Å². The van der Waals surface area contributed by atoms with Gasteiger partial charge in [0.1, 0.15) is 11.4 Å². The molecule has 1 aromatic carbocycles. The molecule has 2 N–H and O–H groups in total. The van der Waals surface area contributed by atoms with Gasteiger partial charge in [0.15, 0.2) is 0 Å². The zero-order chi connectivity index (χ0) is 31.9. The van der Waals surface area contributed by atoms with Gasteiger partial charge in [0, 0.05) is 17.0 Å². The van der Waals surface area contributed by atoms with Crippen LogP contribution in [0.4, 0.5) is 5.69 Å². The zero-order valence-electron chi connectivity index (χ0n) is 28.0. The molecule has 1 aromatic heterocycles. The SMILES string of the molecule is CC.CCC.CCC.COc1cc(C(=O)O)ccc1NSc1ccc(C#CC2CCCC(C3CCCCCC3)CC2)nc1. The van der Waals surface area contributed by atoms with Crippen molar-refractivity contribution in [2.45, 2.75) is 130 Å². The molecule has 43 heavy (non-hydrogen) atoms. The highest BCUT2D eigenvalue weighted by Gasteiger charge is 2.25. The van der Waals surface area contributed by atoms with Gasteiger partial charge in [0.05, 0.1) is 18.4 Å². The summed E-state index contributed by atoms with van der Waals surface area (Å²) < 4.78 is 8.53. The van der Waals surface area contributed by atoms with Gasteiger partial charge in [-0.1, -0.05) is 112 Å². The smallest absolute Gasteiger partial charge is 0.335 e. The molecule has 2 aliphatic carbocycles. The first-order valence-corrected chi connectivity index (χ1v) is 17.6. The summed E-state index contributed by atoms with van der Waals surface area (Å²) in [7, 11) is 1.53. The number of carboxylic acid groups (broad SMARTS) is 1. The van der Waals surface area contributed by atoms with E-state index >= 15 is 0 Å². The maximum atomic E-state index is 11.2. The molecule has 2 unspecified atom stereocenters. The molecule has 2 fully saturated rings. The second-order valence-electron chi connectivity index (χ2n) is 11.2. The van der Waals surface area contributed by atoms with Crippen LogP contribution in [0.5, 0.6) is 5.75 Å². The molecule has 0 aliphatic heterocycles. The Morgan fingerprint density at radius 1 is 0.907 bits per heavy atom. The summed E-state index contributed by atoms with van der Waals surface area (Å²) in [5.74, 6) is 8.71. The third-order valence-electron chi connectivity index (χ3n) is 7.45. The molecule has 240 valence electrons. The van der Waals surface area contributed by atoms with Crippen molar-refractivity contribution in [2.24, 2.45) is 17.8 Å². The summed E-state index contributed by atoms with van der Waals surface area (Å²) in [6.07, 6.45) is 19.5. The van der Waals surface area contributed by atoms with Gasteiger partial charge < -0.3 is 14.6 Å². The van der Waals surface area contributed by atoms with Gasteiger partial charge in [-0.25, -0.2) is 9.78 Å².